The summed E-state index contributed by atoms with van der Waals surface area (Å²) < 4.78 is 66.9. The van der Waals surface area contributed by atoms with Gasteiger partial charge in [-0.25, -0.2) is 28.6 Å². The molecule has 1 saturated heterocycles. The minimum Gasteiger partial charge on any atom is -0.394 e. The molecule has 3 unspecified atom stereocenters. The molecule has 0 saturated carbocycles. The predicted molar refractivity (Wildman–Crippen MR) is 175 cm³/mol. The topological polar surface area (TPSA) is 376 Å². The van der Waals surface area contributed by atoms with Crippen molar-refractivity contribution in [3.8, 4) is 0 Å². The van der Waals surface area contributed by atoms with E-state index in [9.17, 15) is 53.1 Å². The molecule has 1 fully saturated rings. The molecule has 29 heteroatoms. The van der Waals surface area contributed by atoms with Crippen molar-refractivity contribution in [2.45, 2.75) is 50.9 Å². The zero-order valence-corrected chi connectivity index (χ0v) is 30.9. The summed E-state index contributed by atoms with van der Waals surface area (Å²) in [4.78, 5) is 75.1. The number of phosphoric ester groups is 3. The largest absolute Gasteiger partial charge is 0.481 e. The number of carbonyl (C=O) groups is 2. The molecular formula is C23H40N7O18P3S. The summed E-state index contributed by atoms with van der Waals surface area (Å²) in [6, 6.07) is 0. The fourth-order valence-corrected chi connectivity index (χ4v) is 7.65. The summed E-state index contributed by atoms with van der Waals surface area (Å²) in [6.07, 6.45) is -6.86. The highest BCUT2D eigenvalue weighted by molar-refractivity contribution is 7.94. The average molecular weight is 828 g/mol. The van der Waals surface area contributed by atoms with E-state index in [4.69, 9.17) is 28.8 Å². The quantitative estimate of drug-likeness (QED) is 0.0351. The van der Waals surface area contributed by atoms with Crippen LogP contribution >= 0.6 is 35.5 Å². The second-order valence-corrected chi connectivity index (χ2v) is 16.6. The third-order valence-electron chi connectivity index (χ3n) is 6.84. The standard InChI is InChI=1S/C23H40N7O18P3S/c1-23(2,18(34)21(35)26-4-3-14(32)25-5-8-52-45-7-6-31)10-44-51(41,42)48-50(39,40)43-9-13-17(47-49(36,37)38)16(33)22(46-13)30-12-29-15-19(24)27-11-28-20(15)30/h11-13,16-18,22,31,33-34H,3-10H2,1-2H3,(H,25,32)(H,26,35)(H,39,40)(H,41,42)(H2,24,27,28)(H2,36,37,38)/t13-,16-,17-,18?,22-/m0/s1. The first-order chi connectivity index (χ1) is 24.2. The Labute approximate surface area is 299 Å². The molecule has 0 aliphatic carbocycles. The van der Waals surface area contributed by atoms with Gasteiger partial charge in [-0.1, -0.05) is 13.8 Å². The lowest BCUT2D eigenvalue weighted by atomic mass is 9.87. The Morgan fingerprint density at radius 3 is 2.46 bits per heavy atom. The highest BCUT2D eigenvalue weighted by Gasteiger charge is 2.50. The van der Waals surface area contributed by atoms with Gasteiger partial charge in [0, 0.05) is 30.7 Å². The number of nitrogens with zero attached hydrogens (tertiary/aromatic N) is 4. The minimum atomic E-state index is -5.56. The fraction of sp³-hybridized carbons (Fsp3) is 0.696. The van der Waals surface area contributed by atoms with Crippen LogP contribution in [0.4, 0.5) is 5.82 Å². The van der Waals surface area contributed by atoms with Crippen molar-refractivity contribution >= 4 is 64.3 Å². The van der Waals surface area contributed by atoms with Gasteiger partial charge in [0.05, 0.1) is 32.8 Å². The number of nitrogen functional groups attached to an aromatic ring is 1. The molecule has 3 heterocycles. The first-order valence-corrected chi connectivity index (χ1v) is 20.3. The number of hydrogen-bond acceptors (Lipinski definition) is 19. The molecule has 1 aliphatic rings. The smallest absolute Gasteiger partial charge is 0.394 e. The first-order valence-electron chi connectivity index (χ1n) is 14.9. The second kappa shape index (κ2) is 18.9. The normalized spacial score (nSPS) is 22.5. The molecule has 52 heavy (non-hydrogen) atoms. The van der Waals surface area contributed by atoms with Crippen LogP contribution in [0.1, 0.15) is 26.5 Å². The number of nitrogens with two attached hydrogens (primary N) is 1. The van der Waals surface area contributed by atoms with Crippen LogP contribution in [-0.4, -0.2) is 136 Å². The Morgan fingerprint density at radius 1 is 1.10 bits per heavy atom. The molecule has 0 radical (unpaired) electrons. The molecule has 2 amide bonds. The minimum absolute atomic E-state index is 0.0314. The lowest BCUT2D eigenvalue weighted by Crippen LogP contribution is -2.46. The molecule has 25 nitrogen and oxygen atoms in total. The fourth-order valence-electron chi connectivity index (χ4n) is 4.33. The summed E-state index contributed by atoms with van der Waals surface area (Å²) in [5, 5.41) is 34.9. The molecule has 1 aliphatic heterocycles. The number of aliphatic hydroxyl groups is 3. The van der Waals surface area contributed by atoms with E-state index in [1.807, 2.05) is 0 Å². The number of anilines is 1. The van der Waals surface area contributed by atoms with Gasteiger partial charge in [0.15, 0.2) is 17.7 Å². The first kappa shape index (κ1) is 44.2. The van der Waals surface area contributed by atoms with Crippen LogP contribution in [0.3, 0.4) is 0 Å². The van der Waals surface area contributed by atoms with Crippen LogP contribution in [0.5, 0.6) is 0 Å². The Morgan fingerprint density at radius 2 is 1.79 bits per heavy atom. The second-order valence-electron chi connectivity index (χ2n) is 11.4. The number of fused-ring (bicyclic) bond motifs is 1. The molecule has 296 valence electrons. The summed E-state index contributed by atoms with van der Waals surface area (Å²) >= 11 is 1.05. The van der Waals surface area contributed by atoms with Gasteiger partial charge in [-0.05, 0) is 12.0 Å². The molecular weight excluding hydrogens is 787 g/mol. The van der Waals surface area contributed by atoms with E-state index in [2.05, 4.69) is 34.4 Å². The highest BCUT2D eigenvalue weighted by Crippen LogP contribution is 2.61. The van der Waals surface area contributed by atoms with E-state index < -0.39 is 84.6 Å². The number of carbonyl (C=O) groups excluding carboxylic acids is 2. The van der Waals surface area contributed by atoms with Gasteiger partial charge in [0.25, 0.3) is 0 Å². The summed E-state index contributed by atoms with van der Waals surface area (Å²) in [7, 11) is -16.4. The van der Waals surface area contributed by atoms with Gasteiger partial charge in [-0.3, -0.25) is 27.7 Å². The van der Waals surface area contributed by atoms with Crippen LogP contribution in [0.25, 0.3) is 11.2 Å². The van der Waals surface area contributed by atoms with E-state index in [-0.39, 0.29) is 49.7 Å². The average Bonchev–Trinajstić information content (AvgIpc) is 3.60. The molecule has 0 spiro atoms. The van der Waals surface area contributed by atoms with Gasteiger partial charge in [0.2, 0.25) is 11.8 Å². The molecule has 2 aromatic rings. The Kier molecular flexibility index (Phi) is 16.1. The Balaban J connectivity index is 1.53. The van der Waals surface area contributed by atoms with Gasteiger partial charge in [0.1, 0.15) is 36.3 Å². The molecule has 0 bridgehead atoms. The zero-order chi connectivity index (χ0) is 38.9. The maximum atomic E-state index is 12.6. The van der Waals surface area contributed by atoms with Crippen LogP contribution in [0.15, 0.2) is 12.7 Å². The van der Waals surface area contributed by atoms with Crippen molar-refractivity contribution in [3.05, 3.63) is 12.7 Å². The lowest BCUT2D eigenvalue weighted by molar-refractivity contribution is -0.137. The van der Waals surface area contributed by atoms with Crippen molar-refractivity contribution in [2.75, 3.05) is 51.0 Å². The van der Waals surface area contributed by atoms with Crippen molar-refractivity contribution < 1.29 is 85.0 Å². The number of imidazole rings is 1. The molecule has 11 N–H and O–H groups in total. The number of nitrogens with one attached hydrogen (secondary N) is 2. The highest BCUT2D eigenvalue weighted by atomic mass is 32.2. The van der Waals surface area contributed by atoms with Crippen LogP contribution in [0, 0.1) is 5.41 Å². The number of phosphoric acid groups is 3. The summed E-state index contributed by atoms with van der Waals surface area (Å²) in [5.74, 6) is -1.02. The predicted octanol–water partition coefficient (Wildman–Crippen LogP) is -1.94. The monoisotopic (exact) mass is 827 g/mol. The molecule has 3 rings (SSSR count). The zero-order valence-electron chi connectivity index (χ0n) is 27.4. The number of hydrogen-bond donors (Lipinski definition) is 10. The van der Waals surface area contributed by atoms with Gasteiger partial charge >= 0.3 is 23.5 Å². The van der Waals surface area contributed by atoms with Crippen molar-refractivity contribution in [1.82, 2.24) is 30.2 Å². The summed E-state index contributed by atoms with van der Waals surface area (Å²) in [5.41, 5.74) is 4.27. The van der Waals surface area contributed by atoms with E-state index in [1.165, 1.54) is 13.8 Å². The lowest BCUT2D eigenvalue weighted by Gasteiger charge is -2.30. The molecule has 0 aromatic carbocycles. The van der Waals surface area contributed by atoms with Crippen molar-refractivity contribution in [1.29, 1.82) is 0 Å². The molecule has 7 atom stereocenters. The van der Waals surface area contributed by atoms with Crippen LogP contribution < -0.4 is 16.4 Å². The van der Waals surface area contributed by atoms with E-state index in [1.54, 1.807) is 0 Å². The van der Waals surface area contributed by atoms with Crippen molar-refractivity contribution in [2.24, 2.45) is 5.41 Å². The maximum absolute atomic E-state index is 12.6. The SMILES string of the molecule is CC(C)(COP(=O)(O)OP(=O)(O)OC[C@@H]1O[C@H](n2cnc3c(N)ncnc32)[C@@H](O)[C@H]1OP(=O)(O)O)C(O)C(=O)NCCC(=O)NCCSOCCO. The van der Waals surface area contributed by atoms with Crippen LogP contribution in [-0.2, 0) is 50.1 Å². The number of amides is 2. The molecule has 2 aromatic heterocycles. The van der Waals surface area contributed by atoms with E-state index >= 15 is 0 Å². The number of ether oxygens (including phenoxy) is 1. The van der Waals surface area contributed by atoms with Crippen molar-refractivity contribution in [3.63, 3.8) is 0 Å². The van der Waals surface area contributed by atoms with Gasteiger partial charge in [-0.2, -0.15) is 4.31 Å². The third-order valence-corrected chi connectivity index (χ3v) is 10.6. The number of rotatable bonds is 22. The van der Waals surface area contributed by atoms with E-state index in [0.29, 0.717) is 5.75 Å². The summed E-state index contributed by atoms with van der Waals surface area (Å²) in [6.45, 7) is 0.568. The van der Waals surface area contributed by atoms with Gasteiger partial charge in [-0.15, -0.1) is 0 Å². The number of aliphatic hydroxyl groups excluding tert-OH is 3. The number of aromatic nitrogens is 4. The van der Waals surface area contributed by atoms with E-state index in [0.717, 1.165) is 29.3 Å². The Bertz CT molecular complexity index is 1670. The third kappa shape index (κ3) is 13.3. The van der Waals surface area contributed by atoms with Gasteiger partial charge < -0.3 is 60.2 Å². The Hall–Kier alpha value is -2.19. The maximum Gasteiger partial charge on any atom is 0.481 e. The van der Waals surface area contributed by atoms with Crippen LogP contribution in [0.2, 0.25) is 0 Å².